The summed E-state index contributed by atoms with van der Waals surface area (Å²) in [6, 6.07) is 28.4. The minimum Gasteiger partial charge on any atom is -0.343 e. The molecule has 136 valence electrons. The van der Waals surface area contributed by atoms with Gasteiger partial charge in [0.2, 0.25) is 0 Å². The van der Waals surface area contributed by atoms with Gasteiger partial charge in [0, 0.05) is 36.2 Å². The molecular formula is C25H26N2. The molecule has 4 aromatic rings. The van der Waals surface area contributed by atoms with E-state index < -0.39 is 0 Å². The molecule has 0 radical (unpaired) electrons. The van der Waals surface area contributed by atoms with Crippen LogP contribution >= 0.6 is 0 Å². The highest BCUT2D eigenvalue weighted by atomic mass is 15.0. The van der Waals surface area contributed by atoms with Crippen LogP contribution in [0.15, 0.2) is 85.1 Å². The van der Waals surface area contributed by atoms with Crippen LogP contribution < -0.4 is 5.32 Å². The quantitative estimate of drug-likeness (QED) is 0.460. The lowest BCUT2D eigenvalue weighted by atomic mass is 10.1. The molecule has 2 heteroatoms. The molecule has 1 heterocycles. The van der Waals surface area contributed by atoms with Crippen molar-refractivity contribution in [3.8, 4) is 0 Å². The molecule has 0 aliphatic rings. The van der Waals surface area contributed by atoms with Crippen molar-refractivity contribution in [3.63, 3.8) is 0 Å². The standard InChI is InChI=1S/C25H26N2/c1-19-9-8-10-21(15-19)17-27-18-23(24-13-6-7-14-25(24)27)16-26-20(2)22-11-4-3-5-12-22/h3-15,18,20,26H,16-17H2,1-2H3/t20-/m0/s1. The maximum absolute atomic E-state index is 3.68. The molecule has 1 N–H and O–H groups in total. The van der Waals surface area contributed by atoms with E-state index in [2.05, 4.69) is 109 Å². The first kappa shape index (κ1) is 17.6. The lowest BCUT2D eigenvalue weighted by Gasteiger charge is -2.13. The molecule has 1 aromatic heterocycles. The highest BCUT2D eigenvalue weighted by Crippen LogP contribution is 2.23. The smallest absolute Gasteiger partial charge is 0.0486 e. The lowest BCUT2D eigenvalue weighted by molar-refractivity contribution is 0.575. The second-order valence-electron chi connectivity index (χ2n) is 7.30. The highest BCUT2D eigenvalue weighted by molar-refractivity contribution is 5.84. The van der Waals surface area contributed by atoms with Crippen molar-refractivity contribution < 1.29 is 0 Å². The zero-order valence-electron chi connectivity index (χ0n) is 16.0. The van der Waals surface area contributed by atoms with Crippen LogP contribution in [0.1, 0.15) is 35.2 Å². The zero-order valence-corrected chi connectivity index (χ0v) is 16.0. The van der Waals surface area contributed by atoms with Gasteiger partial charge in [0.25, 0.3) is 0 Å². The number of nitrogens with one attached hydrogen (secondary N) is 1. The van der Waals surface area contributed by atoms with Gasteiger partial charge in [-0.3, -0.25) is 0 Å². The normalized spacial score (nSPS) is 12.4. The van der Waals surface area contributed by atoms with Crippen molar-refractivity contribution in [3.05, 3.63) is 107 Å². The molecule has 0 aliphatic carbocycles. The minimum atomic E-state index is 0.324. The van der Waals surface area contributed by atoms with Gasteiger partial charge in [0.05, 0.1) is 0 Å². The van der Waals surface area contributed by atoms with Crippen LogP contribution in [0.3, 0.4) is 0 Å². The molecule has 2 nitrogen and oxygen atoms in total. The third-order valence-electron chi connectivity index (χ3n) is 5.20. The number of para-hydroxylation sites is 1. The Morgan fingerprint density at radius 3 is 2.48 bits per heavy atom. The van der Waals surface area contributed by atoms with E-state index in [0.717, 1.165) is 13.1 Å². The fourth-order valence-electron chi connectivity index (χ4n) is 3.72. The number of hydrogen-bond donors (Lipinski definition) is 1. The summed E-state index contributed by atoms with van der Waals surface area (Å²) < 4.78 is 2.37. The van der Waals surface area contributed by atoms with Crippen LogP contribution in [-0.2, 0) is 13.1 Å². The molecule has 1 atom stereocenters. The van der Waals surface area contributed by atoms with E-state index in [1.54, 1.807) is 0 Å². The topological polar surface area (TPSA) is 17.0 Å². The Bertz CT molecular complexity index is 1030. The van der Waals surface area contributed by atoms with Gasteiger partial charge in [-0.05, 0) is 36.6 Å². The molecule has 4 rings (SSSR count). The Morgan fingerprint density at radius 2 is 1.67 bits per heavy atom. The molecule has 0 saturated carbocycles. The number of nitrogens with zero attached hydrogens (tertiary/aromatic N) is 1. The van der Waals surface area contributed by atoms with Gasteiger partial charge >= 0.3 is 0 Å². The van der Waals surface area contributed by atoms with Gasteiger partial charge in [-0.15, -0.1) is 0 Å². The highest BCUT2D eigenvalue weighted by Gasteiger charge is 2.10. The largest absolute Gasteiger partial charge is 0.343 e. The predicted octanol–water partition coefficient (Wildman–Crippen LogP) is 5.85. The van der Waals surface area contributed by atoms with Gasteiger partial charge in [-0.25, -0.2) is 0 Å². The van der Waals surface area contributed by atoms with Crippen molar-refractivity contribution in [1.29, 1.82) is 0 Å². The second kappa shape index (κ2) is 7.81. The van der Waals surface area contributed by atoms with Crippen molar-refractivity contribution in [1.82, 2.24) is 9.88 Å². The predicted molar refractivity (Wildman–Crippen MR) is 114 cm³/mol. The van der Waals surface area contributed by atoms with Crippen LogP contribution in [0, 0.1) is 6.92 Å². The Morgan fingerprint density at radius 1 is 0.889 bits per heavy atom. The van der Waals surface area contributed by atoms with Crippen LogP contribution in [-0.4, -0.2) is 4.57 Å². The SMILES string of the molecule is Cc1cccc(Cn2cc(CN[C@@H](C)c3ccccc3)c3ccccc32)c1. The second-order valence-corrected chi connectivity index (χ2v) is 7.30. The molecule has 0 bridgehead atoms. The van der Waals surface area contributed by atoms with Gasteiger partial charge in [0.15, 0.2) is 0 Å². The fourth-order valence-corrected chi connectivity index (χ4v) is 3.72. The van der Waals surface area contributed by atoms with Gasteiger partial charge in [-0.2, -0.15) is 0 Å². The number of fused-ring (bicyclic) bond motifs is 1. The number of hydrogen-bond acceptors (Lipinski definition) is 1. The van der Waals surface area contributed by atoms with Gasteiger partial charge in [0.1, 0.15) is 0 Å². The average Bonchev–Trinajstić information content (AvgIpc) is 3.04. The maximum atomic E-state index is 3.68. The summed E-state index contributed by atoms with van der Waals surface area (Å²) in [5.41, 5.74) is 6.61. The van der Waals surface area contributed by atoms with Crippen LogP contribution in [0.25, 0.3) is 10.9 Å². The minimum absolute atomic E-state index is 0.324. The van der Waals surface area contributed by atoms with Crippen molar-refractivity contribution in [2.24, 2.45) is 0 Å². The summed E-state index contributed by atoms with van der Waals surface area (Å²) in [5, 5.41) is 5.01. The van der Waals surface area contributed by atoms with E-state index in [-0.39, 0.29) is 0 Å². The van der Waals surface area contributed by atoms with Gasteiger partial charge < -0.3 is 9.88 Å². The number of rotatable bonds is 6. The van der Waals surface area contributed by atoms with Crippen molar-refractivity contribution in [2.75, 3.05) is 0 Å². The molecule has 0 amide bonds. The summed E-state index contributed by atoms with van der Waals surface area (Å²) in [4.78, 5) is 0. The number of benzene rings is 3. The van der Waals surface area contributed by atoms with Crippen LogP contribution in [0.5, 0.6) is 0 Å². The third kappa shape index (κ3) is 3.96. The Balaban J connectivity index is 1.58. The van der Waals surface area contributed by atoms with Crippen molar-refractivity contribution >= 4 is 10.9 Å². The molecule has 3 aromatic carbocycles. The summed E-state index contributed by atoms with van der Waals surface area (Å²) in [6.07, 6.45) is 2.30. The number of aromatic nitrogens is 1. The summed E-state index contributed by atoms with van der Waals surface area (Å²) in [5.74, 6) is 0. The molecular weight excluding hydrogens is 328 g/mol. The van der Waals surface area contributed by atoms with Crippen LogP contribution in [0.2, 0.25) is 0 Å². The Kier molecular flexibility index (Phi) is 5.08. The summed E-state index contributed by atoms with van der Waals surface area (Å²) in [7, 11) is 0. The Hall–Kier alpha value is -2.84. The fraction of sp³-hybridized carbons (Fsp3) is 0.200. The summed E-state index contributed by atoms with van der Waals surface area (Å²) in [6.45, 7) is 6.13. The maximum Gasteiger partial charge on any atom is 0.0486 e. The molecule has 27 heavy (non-hydrogen) atoms. The van der Waals surface area contributed by atoms with Crippen molar-refractivity contribution in [2.45, 2.75) is 33.0 Å². The first-order valence-electron chi connectivity index (χ1n) is 9.61. The molecule has 0 spiro atoms. The van der Waals surface area contributed by atoms with E-state index in [1.165, 1.54) is 33.2 Å². The zero-order chi connectivity index (χ0) is 18.6. The van der Waals surface area contributed by atoms with E-state index in [1.807, 2.05) is 0 Å². The third-order valence-corrected chi connectivity index (χ3v) is 5.20. The number of aryl methyl sites for hydroxylation is 1. The summed E-state index contributed by atoms with van der Waals surface area (Å²) >= 11 is 0. The van der Waals surface area contributed by atoms with E-state index in [4.69, 9.17) is 0 Å². The first-order chi connectivity index (χ1) is 13.2. The first-order valence-corrected chi connectivity index (χ1v) is 9.61. The lowest BCUT2D eigenvalue weighted by Crippen LogP contribution is -2.17. The Labute approximate surface area is 161 Å². The monoisotopic (exact) mass is 354 g/mol. The van der Waals surface area contributed by atoms with E-state index >= 15 is 0 Å². The van der Waals surface area contributed by atoms with Gasteiger partial charge in [-0.1, -0.05) is 78.4 Å². The van der Waals surface area contributed by atoms with Crippen LogP contribution in [0.4, 0.5) is 0 Å². The molecule has 0 unspecified atom stereocenters. The molecule has 0 saturated heterocycles. The van der Waals surface area contributed by atoms with E-state index in [9.17, 15) is 0 Å². The molecule has 0 fully saturated rings. The average molecular weight is 354 g/mol. The molecule has 0 aliphatic heterocycles. The van der Waals surface area contributed by atoms with E-state index in [0.29, 0.717) is 6.04 Å².